The van der Waals surface area contributed by atoms with Crippen molar-refractivity contribution < 1.29 is 9.90 Å². The van der Waals surface area contributed by atoms with Crippen LogP contribution in [0.5, 0.6) is 0 Å². The van der Waals surface area contributed by atoms with Crippen LogP contribution >= 0.6 is 0 Å². The maximum atomic E-state index is 13.7. The molecule has 8 heteroatoms. The summed E-state index contributed by atoms with van der Waals surface area (Å²) in [6, 6.07) is 13.9. The van der Waals surface area contributed by atoms with Crippen LogP contribution in [-0.4, -0.2) is 74.3 Å². The Bertz CT molecular complexity index is 1440. The van der Waals surface area contributed by atoms with E-state index in [2.05, 4.69) is 46.7 Å². The number of carbonyl (C=O) groups is 1. The summed E-state index contributed by atoms with van der Waals surface area (Å²) in [6.45, 7) is 6.67. The third-order valence-corrected chi connectivity index (χ3v) is 7.38. The summed E-state index contributed by atoms with van der Waals surface area (Å²) >= 11 is 0. The van der Waals surface area contributed by atoms with E-state index in [-0.39, 0.29) is 12.2 Å². The Morgan fingerprint density at radius 3 is 2.26 bits per heavy atom. The largest absolute Gasteiger partial charge is 0.481 e. The molecule has 0 radical (unpaired) electrons. The van der Waals surface area contributed by atoms with Gasteiger partial charge in [0, 0.05) is 63.4 Å². The first-order valence-electron chi connectivity index (χ1n) is 12.2. The van der Waals surface area contributed by atoms with Gasteiger partial charge < -0.3 is 14.6 Å². The van der Waals surface area contributed by atoms with Gasteiger partial charge in [0.05, 0.1) is 23.5 Å². The number of imidazole rings is 1. The van der Waals surface area contributed by atoms with Crippen LogP contribution in [0.4, 0.5) is 0 Å². The van der Waals surface area contributed by atoms with Crippen LogP contribution in [0, 0.1) is 12.8 Å². The molecule has 4 aromatic rings. The number of fused-ring (bicyclic) bond motifs is 2. The van der Waals surface area contributed by atoms with Gasteiger partial charge in [-0.15, -0.1) is 0 Å². The average molecular weight is 476 g/mol. The van der Waals surface area contributed by atoms with Crippen LogP contribution in [0.3, 0.4) is 0 Å². The smallest absolute Gasteiger partial charge is 0.329 e. The first-order chi connectivity index (χ1) is 16.8. The van der Waals surface area contributed by atoms with Crippen molar-refractivity contribution in [3.8, 4) is 0 Å². The van der Waals surface area contributed by atoms with E-state index in [9.17, 15) is 14.7 Å². The summed E-state index contributed by atoms with van der Waals surface area (Å²) in [6.07, 6.45) is 2.09. The zero-order valence-corrected chi connectivity index (χ0v) is 20.6. The fourth-order valence-electron chi connectivity index (χ4n) is 5.40. The van der Waals surface area contributed by atoms with Crippen molar-refractivity contribution in [1.82, 2.24) is 23.5 Å². The maximum Gasteiger partial charge on any atom is 0.329 e. The molecule has 0 spiro atoms. The minimum absolute atomic E-state index is 0.155. The monoisotopic (exact) mass is 475 g/mol. The van der Waals surface area contributed by atoms with Gasteiger partial charge in [-0.25, -0.2) is 4.79 Å². The summed E-state index contributed by atoms with van der Waals surface area (Å²) in [7, 11) is 4.10. The van der Waals surface area contributed by atoms with Gasteiger partial charge in [0.15, 0.2) is 0 Å². The second kappa shape index (κ2) is 9.36. The molecular formula is C27H33N5O3. The molecule has 0 saturated carbocycles. The van der Waals surface area contributed by atoms with E-state index in [1.807, 2.05) is 37.4 Å². The molecule has 1 fully saturated rings. The summed E-state index contributed by atoms with van der Waals surface area (Å²) in [5.41, 5.74) is 4.83. The Hall–Kier alpha value is -3.36. The first kappa shape index (κ1) is 23.4. The maximum absolute atomic E-state index is 13.7. The first-order valence-corrected chi connectivity index (χ1v) is 12.2. The molecule has 2 aromatic heterocycles. The van der Waals surface area contributed by atoms with Crippen molar-refractivity contribution in [1.29, 1.82) is 0 Å². The molecule has 35 heavy (non-hydrogen) atoms. The second-order valence-corrected chi connectivity index (χ2v) is 9.84. The van der Waals surface area contributed by atoms with Crippen LogP contribution in [-0.2, 0) is 24.9 Å². The van der Waals surface area contributed by atoms with Gasteiger partial charge in [0.1, 0.15) is 0 Å². The number of aromatic nitrogens is 3. The van der Waals surface area contributed by atoms with Crippen molar-refractivity contribution in [3.05, 3.63) is 70.3 Å². The minimum Gasteiger partial charge on any atom is -0.481 e. The Morgan fingerprint density at radius 2 is 1.57 bits per heavy atom. The van der Waals surface area contributed by atoms with Gasteiger partial charge in [-0.3, -0.25) is 18.8 Å². The fraction of sp³-hybridized carbons (Fsp3) is 0.407. The van der Waals surface area contributed by atoms with Gasteiger partial charge in [0.2, 0.25) is 0 Å². The van der Waals surface area contributed by atoms with Gasteiger partial charge >= 0.3 is 11.7 Å². The highest BCUT2D eigenvalue weighted by Crippen LogP contribution is 2.26. The Morgan fingerprint density at radius 1 is 0.914 bits per heavy atom. The zero-order valence-electron chi connectivity index (χ0n) is 20.6. The summed E-state index contributed by atoms with van der Waals surface area (Å²) < 4.78 is 5.53. The topological polar surface area (TPSA) is 75.6 Å². The average Bonchev–Trinajstić information content (AvgIpc) is 3.30. The molecule has 0 aliphatic carbocycles. The van der Waals surface area contributed by atoms with Crippen LogP contribution < -0.4 is 5.69 Å². The predicted molar refractivity (Wildman–Crippen MR) is 138 cm³/mol. The highest BCUT2D eigenvalue weighted by Gasteiger charge is 2.26. The number of rotatable bonds is 7. The molecule has 1 N–H and O–H groups in total. The standard InChI is InChI=1S/C27H33N5O3/c1-19-7-6-10-24-25(19)20(15-29(24)3)17-31-22-8-4-5-9-23(22)32(27(31)35)18-21(26(33)34)16-30-13-11-28(2)12-14-30/h4-10,15,21H,11-14,16-18H2,1-3H3,(H,33,34). The van der Waals surface area contributed by atoms with Gasteiger partial charge in [0.25, 0.3) is 0 Å². The molecule has 8 nitrogen and oxygen atoms in total. The number of carboxylic acids is 1. The summed E-state index contributed by atoms with van der Waals surface area (Å²) in [4.78, 5) is 30.4. The SMILES string of the molecule is Cc1cccc2c1c(Cn1c(=O)n(CC(CN3CCN(C)CC3)C(=O)O)c3ccccc31)cn2C. The normalized spacial score (nSPS) is 16.3. The molecule has 0 amide bonds. The molecule has 184 valence electrons. The number of aryl methyl sites for hydroxylation is 2. The molecule has 1 aliphatic heterocycles. The van der Waals surface area contributed by atoms with Crippen molar-refractivity contribution in [2.45, 2.75) is 20.0 Å². The lowest BCUT2D eigenvalue weighted by atomic mass is 10.1. The molecule has 1 unspecified atom stereocenters. The number of piperazine rings is 1. The number of likely N-dealkylation sites (N-methyl/N-ethyl adjacent to an activating group) is 1. The van der Waals surface area contributed by atoms with Crippen molar-refractivity contribution in [2.24, 2.45) is 13.0 Å². The molecule has 0 bridgehead atoms. The van der Waals surface area contributed by atoms with Gasteiger partial charge in [-0.1, -0.05) is 24.3 Å². The van der Waals surface area contributed by atoms with E-state index in [4.69, 9.17) is 0 Å². The Labute approximate surface area is 204 Å². The number of benzene rings is 2. The van der Waals surface area contributed by atoms with Crippen molar-refractivity contribution in [3.63, 3.8) is 0 Å². The van der Waals surface area contributed by atoms with E-state index in [0.717, 1.165) is 53.7 Å². The van der Waals surface area contributed by atoms with E-state index < -0.39 is 11.9 Å². The predicted octanol–water partition coefficient (Wildman–Crippen LogP) is 2.60. The van der Waals surface area contributed by atoms with E-state index >= 15 is 0 Å². The third kappa shape index (κ3) is 4.39. The van der Waals surface area contributed by atoms with Gasteiger partial charge in [-0.05, 0) is 43.3 Å². The second-order valence-electron chi connectivity index (χ2n) is 9.84. The quantitative estimate of drug-likeness (QED) is 0.445. The lowest BCUT2D eigenvalue weighted by Gasteiger charge is -2.33. The van der Waals surface area contributed by atoms with Crippen LogP contribution in [0.1, 0.15) is 11.1 Å². The van der Waals surface area contributed by atoms with Crippen LogP contribution in [0.2, 0.25) is 0 Å². The minimum atomic E-state index is -0.864. The third-order valence-electron chi connectivity index (χ3n) is 7.38. The van der Waals surface area contributed by atoms with Crippen LogP contribution in [0.25, 0.3) is 21.9 Å². The number of carboxylic acid groups (broad SMARTS) is 1. The lowest BCUT2D eigenvalue weighted by Crippen LogP contribution is -2.47. The van der Waals surface area contributed by atoms with Crippen molar-refractivity contribution >= 4 is 27.9 Å². The molecule has 2 aromatic carbocycles. The Kier molecular flexibility index (Phi) is 6.25. The van der Waals surface area contributed by atoms with E-state index in [1.165, 1.54) is 5.56 Å². The van der Waals surface area contributed by atoms with Crippen LogP contribution in [0.15, 0.2) is 53.5 Å². The van der Waals surface area contributed by atoms with Gasteiger partial charge in [-0.2, -0.15) is 0 Å². The highest BCUT2D eigenvalue weighted by atomic mass is 16.4. The number of aliphatic carboxylic acids is 1. The highest BCUT2D eigenvalue weighted by molar-refractivity contribution is 5.87. The summed E-state index contributed by atoms with van der Waals surface area (Å²) in [5.74, 6) is -1.52. The molecule has 1 aliphatic rings. The number of hydrogen-bond donors (Lipinski definition) is 1. The molecule has 1 saturated heterocycles. The Balaban J connectivity index is 1.51. The van der Waals surface area contributed by atoms with E-state index in [0.29, 0.717) is 13.1 Å². The molecule has 1 atom stereocenters. The van der Waals surface area contributed by atoms with Crippen molar-refractivity contribution in [2.75, 3.05) is 39.8 Å². The van der Waals surface area contributed by atoms with E-state index in [1.54, 1.807) is 9.13 Å². The molecular weight excluding hydrogens is 442 g/mol. The number of hydrogen-bond acceptors (Lipinski definition) is 4. The molecule has 5 rings (SSSR count). The summed E-state index contributed by atoms with van der Waals surface area (Å²) in [5, 5.41) is 11.2. The number of nitrogens with zero attached hydrogens (tertiary/aromatic N) is 5. The zero-order chi connectivity index (χ0) is 24.7. The lowest BCUT2D eigenvalue weighted by molar-refractivity contribution is -0.143. The fourth-order valence-corrected chi connectivity index (χ4v) is 5.40. The molecule has 3 heterocycles. The number of para-hydroxylation sites is 2.